The molecule has 2 rings (SSSR count). The van der Waals surface area contributed by atoms with E-state index in [2.05, 4.69) is 16.0 Å². The van der Waals surface area contributed by atoms with Crippen molar-refractivity contribution < 1.29 is 9.59 Å². The summed E-state index contributed by atoms with van der Waals surface area (Å²) in [5.41, 5.74) is 1.57. The van der Waals surface area contributed by atoms with Gasteiger partial charge in [-0.1, -0.05) is 18.2 Å². The van der Waals surface area contributed by atoms with Gasteiger partial charge in [-0.2, -0.15) is 0 Å². The molecule has 2 amide bonds. The highest BCUT2D eigenvalue weighted by Crippen LogP contribution is 2.18. The van der Waals surface area contributed by atoms with Crippen molar-refractivity contribution in [1.82, 2.24) is 10.6 Å². The number of rotatable bonds is 6. The zero-order valence-corrected chi connectivity index (χ0v) is 12.4. The van der Waals surface area contributed by atoms with Gasteiger partial charge in [0, 0.05) is 19.2 Å². The minimum absolute atomic E-state index is 0.0197. The van der Waals surface area contributed by atoms with Gasteiger partial charge >= 0.3 is 0 Å². The standard InChI is InChI=1S/C16H23N3O2/c1-17-16(21)10-13-4-2-3-5-14(13)19-15(20)7-6-12-8-9-18-11-12/h2-5,12,18H,6-11H2,1H3,(H,17,21)(H,19,20). The fourth-order valence-corrected chi connectivity index (χ4v) is 2.57. The molecule has 5 nitrogen and oxygen atoms in total. The molecule has 1 aromatic carbocycles. The molecule has 3 N–H and O–H groups in total. The Morgan fingerprint density at radius 3 is 2.81 bits per heavy atom. The van der Waals surface area contributed by atoms with Crippen LogP contribution in [0.15, 0.2) is 24.3 Å². The zero-order valence-electron chi connectivity index (χ0n) is 12.4. The van der Waals surface area contributed by atoms with Gasteiger partial charge in [-0.15, -0.1) is 0 Å². The summed E-state index contributed by atoms with van der Waals surface area (Å²) in [5, 5.41) is 8.83. The molecule has 1 aliphatic rings. The largest absolute Gasteiger partial charge is 0.359 e. The highest BCUT2D eigenvalue weighted by atomic mass is 16.2. The first-order chi connectivity index (χ1) is 10.2. The van der Waals surface area contributed by atoms with Crippen molar-refractivity contribution >= 4 is 17.5 Å². The van der Waals surface area contributed by atoms with E-state index in [1.165, 1.54) is 0 Å². The molecule has 0 bridgehead atoms. The lowest BCUT2D eigenvalue weighted by Crippen LogP contribution is -2.21. The van der Waals surface area contributed by atoms with E-state index in [4.69, 9.17) is 0 Å². The summed E-state index contributed by atoms with van der Waals surface area (Å²) < 4.78 is 0. The lowest BCUT2D eigenvalue weighted by Gasteiger charge is -2.12. The van der Waals surface area contributed by atoms with E-state index in [1.807, 2.05) is 24.3 Å². The van der Waals surface area contributed by atoms with Gasteiger partial charge in [0.15, 0.2) is 0 Å². The molecule has 21 heavy (non-hydrogen) atoms. The Morgan fingerprint density at radius 1 is 1.29 bits per heavy atom. The second-order valence-electron chi connectivity index (χ2n) is 5.45. The molecule has 1 aliphatic heterocycles. The molecule has 0 saturated carbocycles. The average molecular weight is 289 g/mol. The van der Waals surface area contributed by atoms with Crippen molar-refractivity contribution in [1.29, 1.82) is 0 Å². The van der Waals surface area contributed by atoms with E-state index in [1.54, 1.807) is 7.05 Å². The monoisotopic (exact) mass is 289 g/mol. The quantitative estimate of drug-likeness (QED) is 0.739. The number of benzene rings is 1. The average Bonchev–Trinajstić information content (AvgIpc) is 3.00. The minimum Gasteiger partial charge on any atom is -0.359 e. The molecule has 0 aromatic heterocycles. The summed E-state index contributed by atoms with van der Waals surface area (Å²) in [6.07, 6.45) is 2.87. The van der Waals surface area contributed by atoms with Crippen LogP contribution in [0.1, 0.15) is 24.8 Å². The maximum Gasteiger partial charge on any atom is 0.224 e. The van der Waals surface area contributed by atoms with Crippen LogP contribution in [0.5, 0.6) is 0 Å². The summed E-state index contributed by atoms with van der Waals surface area (Å²) in [5.74, 6) is 0.567. The number of anilines is 1. The van der Waals surface area contributed by atoms with Crippen LogP contribution in [0.2, 0.25) is 0 Å². The third-order valence-corrected chi connectivity index (χ3v) is 3.86. The molecule has 1 atom stereocenters. The third-order valence-electron chi connectivity index (χ3n) is 3.86. The molecule has 0 spiro atoms. The summed E-state index contributed by atoms with van der Waals surface area (Å²) >= 11 is 0. The third kappa shape index (κ3) is 4.86. The van der Waals surface area contributed by atoms with E-state index in [9.17, 15) is 9.59 Å². The van der Waals surface area contributed by atoms with Crippen LogP contribution in [-0.4, -0.2) is 32.0 Å². The van der Waals surface area contributed by atoms with Crippen molar-refractivity contribution in [2.24, 2.45) is 5.92 Å². The highest BCUT2D eigenvalue weighted by molar-refractivity contribution is 5.92. The van der Waals surface area contributed by atoms with E-state index in [0.717, 1.165) is 37.2 Å². The molecule has 1 unspecified atom stereocenters. The Balaban J connectivity index is 1.88. The molecule has 114 valence electrons. The zero-order chi connectivity index (χ0) is 15.1. The van der Waals surface area contributed by atoms with Crippen LogP contribution in [-0.2, 0) is 16.0 Å². The summed E-state index contributed by atoms with van der Waals surface area (Å²) in [6, 6.07) is 7.45. The second-order valence-corrected chi connectivity index (χ2v) is 5.45. The maximum atomic E-state index is 12.0. The Labute approximate surface area is 125 Å². The van der Waals surface area contributed by atoms with Crippen molar-refractivity contribution in [3.05, 3.63) is 29.8 Å². The molecular weight excluding hydrogens is 266 g/mol. The van der Waals surface area contributed by atoms with E-state index in [-0.39, 0.29) is 18.2 Å². The van der Waals surface area contributed by atoms with Crippen molar-refractivity contribution in [2.45, 2.75) is 25.7 Å². The van der Waals surface area contributed by atoms with Crippen LogP contribution in [0, 0.1) is 5.92 Å². The number of hydrogen-bond donors (Lipinski definition) is 3. The number of likely N-dealkylation sites (N-methyl/N-ethyl adjacent to an activating group) is 1. The Kier molecular flexibility index (Phi) is 5.75. The maximum absolute atomic E-state index is 12.0. The molecule has 1 saturated heterocycles. The number of carbonyl (C=O) groups is 2. The summed E-state index contributed by atoms with van der Waals surface area (Å²) in [4.78, 5) is 23.5. The van der Waals surface area contributed by atoms with Crippen molar-refractivity contribution in [3.63, 3.8) is 0 Å². The molecule has 1 aromatic rings. The predicted octanol–water partition coefficient (Wildman–Crippen LogP) is 1.30. The van der Waals surface area contributed by atoms with Crippen molar-refractivity contribution in [3.8, 4) is 0 Å². The van der Waals surface area contributed by atoms with Crippen LogP contribution < -0.4 is 16.0 Å². The molecule has 0 aliphatic carbocycles. The lowest BCUT2D eigenvalue weighted by atomic mass is 10.0. The summed E-state index contributed by atoms with van der Waals surface area (Å²) in [6.45, 7) is 2.07. The first-order valence-electron chi connectivity index (χ1n) is 7.48. The molecule has 1 heterocycles. The Bertz CT molecular complexity index is 496. The van der Waals surface area contributed by atoms with Gasteiger partial charge < -0.3 is 16.0 Å². The molecule has 0 radical (unpaired) electrons. The van der Waals surface area contributed by atoms with Gasteiger partial charge in [0.25, 0.3) is 0 Å². The summed E-state index contributed by atoms with van der Waals surface area (Å²) in [7, 11) is 1.61. The predicted molar refractivity (Wildman–Crippen MR) is 83.1 cm³/mol. The molecular formula is C16H23N3O2. The first-order valence-corrected chi connectivity index (χ1v) is 7.48. The normalized spacial score (nSPS) is 17.5. The van der Waals surface area contributed by atoms with Crippen LogP contribution >= 0.6 is 0 Å². The van der Waals surface area contributed by atoms with E-state index >= 15 is 0 Å². The number of amides is 2. The van der Waals surface area contributed by atoms with Gasteiger partial charge in [-0.25, -0.2) is 0 Å². The highest BCUT2D eigenvalue weighted by Gasteiger charge is 2.16. The van der Waals surface area contributed by atoms with Crippen LogP contribution in [0.4, 0.5) is 5.69 Å². The second kappa shape index (κ2) is 7.78. The Morgan fingerprint density at radius 2 is 2.10 bits per heavy atom. The van der Waals surface area contributed by atoms with Gasteiger partial charge in [-0.05, 0) is 43.5 Å². The van der Waals surface area contributed by atoms with Crippen molar-refractivity contribution in [2.75, 3.05) is 25.5 Å². The van der Waals surface area contributed by atoms with Gasteiger partial charge in [0.05, 0.1) is 6.42 Å². The number of carbonyl (C=O) groups excluding carboxylic acids is 2. The fraction of sp³-hybridized carbons (Fsp3) is 0.500. The minimum atomic E-state index is -0.0614. The number of para-hydroxylation sites is 1. The van der Waals surface area contributed by atoms with Gasteiger partial charge in [0.2, 0.25) is 11.8 Å². The Hall–Kier alpha value is -1.88. The first kappa shape index (κ1) is 15.5. The SMILES string of the molecule is CNC(=O)Cc1ccccc1NC(=O)CCC1CCNC1. The van der Waals surface area contributed by atoms with Crippen LogP contribution in [0.25, 0.3) is 0 Å². The van der Waals surface area contributed by atoms with Gasteiger partial charge in [0.1, 0.15) is 0 Å². The topological polar surface area (TPSA) is 70.2 Å². The van der Waals surface area contributed by atoms with Gasteiger partial charge in [-0.3, -0.25) is 9.59 Å². The smallest absolute Gasteiger partial charge is 0.224 e. The number of hydrogen-bond acceptors (Lipinski definition) is 3. The fourth-order valence-electron chi connectivity index (χ4n) is 2.57. The lowest BCUT2D eigenvalue weighted by molar-refractivity contribution is -0.120. The molecule has 5 heteroatoms. The van der Waals surface area contributed by atoms with Crippen LogP contribution in [0.3, 0.4) is 0 Å². The molecule has 1 fully saturated rings. The number of nitrogens with one attached hydrogen (secondary N) is 3. The van der Waals surface area contributed by atoms with E-state index < -0.39 is 0 Å². The van der Waals surface area contributed by atoms with E-state index in [0.29, 0.717) is 12.3 Å².